The first-order valence-corrected chi connectivity index (χ1v) is 8.33. The molecule has 1 atom stereocenters. The Balaban J connectivity index is 1.75. The van der Waals surface area contributed by atoms with Crippen LogP contribution in [0.2, 0.25) is 5.02 Å². The van der Waals surface area contributed by atoms with Crippen LogP contribution < -0.4 is 5.32 Å². The molecule has 2 amide bonds. The molecular weight excluding hydrogens is 308 g/mol. The first-order chi connectivity index (χ1) is 11.0. The van der Waals surface area contributed by atoms with Crippen molar-refractivity contribution < 1.29 is 4.79 Å². The van der Waals surface area contributed by atoms with Crippen molar-refractivity contribution >= 4 is 23.3 Å². The number of hydrogen-bond donors (Lipinski definition) is 1. The number of aryl methyl sites for hydroxylation is 2. The molecule has 2 aromatic rings. The lowest BCUT2D eigenvalue weighted by molar-refractivity contribution is 0.207. The third kappa shape index (κ3) is 3.50. The zero-order valence-electron chi connectivity index (χ0n) is 13.5. The standard InChI is InChI=1S/C19H21ClN2O/c1-13-5-8-15(9-6-13)18-4-3-11-22(18)19(23)21-16-10-7-14(2)17(20)12-16/h5-10,12,18H,3-4,11H2,1-2H3,(H,21,23). The van der Waals surface area contributed by atoms with Crippen LogP contribution in [0.15, 0.2) is 42.5 Å². The van der Waals surface area contributed by atoms with E-state index in [1.165, 1.54) is 11.1 Å². The summed E-state index contributed by atoms with van der Waals surface area (Å²) in [7, 11) is 0. The number of benzene rings is 2. The number of amides is 2. The molecule has 0 aromatic heterocycles. The maximum Gasteiger partial charge on any atom is 0.322 e. The van der Waals surface area contributed by atoms with Crippen LogP contribution in [0.4, 0.5) is 10.5 Å². The average molecular weight is 329 g/mol. The number of rotatable bonds is 2. The fourth-order valence-electron chi connectivity index (χ4n) is 3.01. The largest absolute Gasteiger partial charge is 0.322 e. The van der Waals surface area contributed by atoms with Gasteiger partial charge >= 0.3 is 6.03 Å². The van der Waals surface area contributed by atoms with Crippen molar-refractivity contribution in [1.29, 1.82) is 0 Å². The fraction of sp³-hybridized carbons (Fsp3) is 0.316. The Morgan fingerprint density at radius 3 is 2.61 bits per heavy atom. The van der Waals surface area contributed by atoms with Crippen molar-refractivity contribution in [1.82, 2.24) is 4.90 Å². The van der Waals surface area contributed by atoms with Gasteiger partial charge in [-0.2, -0.15) is 0 Å². The lowest BCUT2D eigenvalue weighted by Crippen LogP contribution is -2.34. The Morgan fingerprint density at radius 1 is 1.17 bits per heavy atom. The van der Waals surface area contributed by atoms with Gasteiger partial charge in [-0.15, -0.1) is 0 Å². The molecule has 3 rings (SSSR count). The minimum Gasteiger partial charge on any atom is -0.317 e. The summed E-state index contributed by atoms with van der Waals surface area (Å²) in [5.74, 6) is 0. The predicted molar refractivity (Wildman–Crippen MR) is 95.1 cm³/mol. The summed E-state index contributed by atoms with van der Waals surface area (Å²) in [6.07, 6.45) is 2.03. The van der Waals surface area contributed by atoms with Crippen LogP contribution in [0.3, 0.4) is 0 Å². The van der Waals surface area contributed by atoms with E-state index in [1.807, 2.05) is 24.0 Å². The summed E-state index contributed by atoms with van der Waals surface area (Å²) in [4.78, 5) is 14.5. The van der Waals surface area contributed by atoms with E-state index in [0.29, 0.717) is 5.02 Å². The van der Waals surface area contributed by atoms with E-state index in [1.54, 1.807) is 6.07 Å². The van der Waals surface area contributed by atoms with E-state index in [2.05, 4.69) is 36.5 Å². The molecule has 1 unspecified atom stereocenters. The maximum absolute atomic E-state index is 12.6. The molecule has 1 heterocycles. The second-order valence-corrected chi connectivity index (χ2v) is 6.56. The Bertz CT molecular complexity index is 712. The Kier molecular flexibility index (Phi) is 4.58. The van der Waals surface area contributed by atoms with Crippen LogP contribution in [0.5, 0.6) is 0 Å². The molecule has 0 saturated carbocycles. The van der Waals surface area contributed by atoms with Crippen LogP contribution in [-0.4, -0.2) is 17.5 Å². The van der Waals surface area contributed by atoms with Gasteiger partial charge in [-0.25, -0.2) is 4.79 Å². The SMILES string of the molecule is Cc1ccc(C2CCCN2C(=O)Nc2ccc(C)c(Cl)c2)cc1. The lowest BCUT2D eigenvalue weighted by atomic mass is 10.0. The zero-order valence-corrected chi connectivity index (χ0v) is 14.2. The quantitative estimate of drug-likeness (QED) is 0.794. The summed E-state index contributed by atoms with van der Waals surface area (Å²) in [6.45, 7) is 4.80. The molecule has 23 heavy (non-hydrogen) atoms. The fourth-order valence-corrected chi connectivity index (χ4v) is 3.19. The van der Waals surface area contributed by atoms with Crippen molar-refractivity contribution in [2.24, 2.45) is 0 Å². The van der Waals surface area contributed by atoms with Crippen LogP contribution in [0.1, 0.15) is 35.6 Å². The highest BCUT2D eigenvalue weighted by molar-refractivity contribution is 6.31. The van der Waals surface area contributed by atoms with Crippen molar-refractivity contribution in [3.05, 3.63) is 64.2 Å². The van der Waals surface area contributed by atoms with E-state index >= 15 is 0 Å². The molecule has 1 aliphatic rings. The van der Waals surface area contributed by atoms with E-state index in [9.17, 15) is 4.79 Å². The number of halogens is 1. The third-order valence-electron chi connectivity index (χ3n) is 4.40. The van der Waals surface area contributed by atoms with Gasteiger partial charge in [0.15, 0.2) is 0 Å². The van der Waals surface area contributed by atoms with Crippen molar-refractivity contribution in [2.75, 3.05) is 11.9 Å². The van der Waals surface area contributed by atoms with Gasteiger partial charge in [-0.1, -0.05) is 47.5 Å². The molecule has 4 heteroatoms. The topological polar surface area (TPSA) is 32.3 Å². The lowest BCUT2D eigenvalue weighted by Gasteiger charge is -2.25. The van der Waals surface area contributed by atoms with Gasteiger partial charge in [0.1, 0.15) is 0 Å². The minimum atomic E-state index is -0.0620. The maximum atomic E-state index is 12.6. The van der Waals surface area contributed by atoms with Crippen LogP contribution in [0.25, 0.3) is 0 Å². The smallest absolute Gasteiger partial charge is 0.317 e. The summed E-state index contributed by atoms with van der Waals surface area (Å²) in [5, 5.41) is 3.63. The molecule has 3 nitrogen and oxygen atoms in total. The number of likely N-dealkylation sites (tertiary alicyclic amines) is 1. The molecule has 0 aliphatic carbocycles. The van der Waals surface area contributed by atoms with Crippen LogP contribution >= 0.6 is 11.6 Å². The van der Waals surface area contributed by atoms with Crippen LogP contribution in [-0.2, 0) is 0 Å². The molecule has 0 radical (unpaired) electrons. The summed E-state index contributed by atoms with van der Waals surface area (Å²) >= 11 is 6.13. The molecule has 120 valence electrons. The van der Waals surface area contributed by atoms with Crippen molar-refractivity contribution in [3.63, 3.8) is 0 Å². The highest BCUT2D eigenvalue weighted by atomic mass is 35.5. The van der Waals surface area contributed by atoms with Gasteiger partial charge in [0.25, 0.3) is 0 Å². The Morgan fingerprint density at radius 2 is 1.91 bits per heavy atom. The predicted octanol–water partition coefficient (Wildman–Crippen LogP) is 5.33. The molecule has 1 N–H and O–H groups in total. The van der Waals surface area contributed by atoms with E-state index in [-0.39, 0.29) is 12.1 Å². The van der Waals surface area contributed by atoms with Crippen molar-refractivity contribution in [3.8, 4) is 0 Å². The monoisotopic (exact) mass is 328 g/mol. The second-order valence-electron chi connectivity index (χ2n) is 6.16. The number of hydrogen-bond acceptors (Lipinski definition) is 1. The van der Waals surface area contributed by atoms with Gasteiger partial charge in [-0.3, -0.25) is 0 Å². The number of anilines is 1. The van der Waals surface area contributed by atoms with Gasteiger partial charge in [0, 0.05) is 17.3 Å². The van der Waals surface area contributed by atoms with Gasteiger partial charge in [0.05, 0.1) is 6.04 Å². The second kappa shape index (κ2) is 6.63. The molecule has 1 aliphatic heterocycles. The van der Waals surface area contributed by atoms with Gasteiger partial charge in [-0.05, 0) is 49.9 Å². The Labute approximate surface area is 142 Å². The van der Waals surface area contributed by atoms with Crippen molar-refractivity contribution in [2.45, 2.75) is 32.7 Å². The van der Waals surface area contributed by atoms with E-state index < -0.39 is 0 Å². The Hall–Kier alpha value is -2.00. The molecule has 0 bridgehead atoms. The first kappa shape index (κ1) is 15.9. The number of nitrogens with zero attached hydrogens (tertiary/aromatic N) is 1. The minimum absolute atomic E-state index is 0.0620. The molecule has 0 spiro atoms. The summed E-state index contributed by atoms with van der Waals surface area (Å²) < 4.78 is 0. The number of carbonyl (C=O) groups excluding carboxylic acids is 1. The van der Waals surface area contributed by atoms with Gasteiger partial charge in [0.2, 0.25) is 0 Å². The molecule has 1 fully saturated rings. The summed E-state index contributed by atoms with van der Waals surface area (Å²) in [5.41, 5.74) is 4.17. The third-order valence-corrected chi connectivity index (χ3v) is 4.81. The average Bonchev–Trinajstić information content (AvgIpc) is 3.01. The highest BCUT2D eigenvalue weighted by Crippen LogP contribution is 2.32. The van der Waals surface area contributed by atoms with Crippen LogP contribution in [0, 0.1) is 13.8 Å². The van der Waals surface area contributed by atoms with Gasteiger partial charge < -0.3 is 10.2 Å². The van der Waals surface area contributed by atoms with E-state index in [0.717, 1.165) is 30.6 Å². The first-order valence-electron chi connectivity index (χ1n) is 7.95. The normalized spacial score (nSPS) is 17.3. The molecular formula is C19H21ClN2O. The zero-order chi connectivity index (χ0) is 16.4. The van der Waals surface area contributed by atoms with E-state index in [4.69, 9.17) is 11.6 Å². The molecule has 2 aromatic carbocycles. The number of carbonyl (C=O) groups is 1. The summed E-state index contributed by atoms with van der Waals surface area (Å²) in [6, 6.07) is 14.1. The highest BCUT2D eigenvalue weighted by Gasteiger charge is 2.29. The molecule has 1 saturated heterocycles. The number of nitrogens with one attached hydrogen (secondary N) is 1. The number of urea groups is 1.